The normalized spacial score (nSPS) is 19.7. The Bertz CT molecular complexity index is 446. The molecule has 1 amide bonds. The molecule has 112 valence electrons. The highest BCUT2D eigenvalue weighted by molar-refractivity contribution is 5.75. The van der Waals surface area contributed by atoms with Gasteiger partial charge in [-0.05, 0) is 34.0 Å². The van der Waals surface area contributed by atoms with Gasteiger partial charge in [-0.3, -0.25) is 4.79 Å². The average Bonchev–Trinajstić information content (AvgIpc) is 3.02. The van der Waals surface area contributed by atoms with Crippen LogP contribution in [0.15, 0.2) is 10.6 Å². The molecule has 0 unspecified atom stereocenters. The monoisotopic (exact) mass is 280 g/mol. The van der Waals surface area contributed by atoms with Crippen molar-refractivity contribution in [2.75, 3.05) is 33.7 Å². The number of hydrogen-bond donors (Lipinski definition) is 1. The summed E-state index contributed by atoms with van der Waals surface area (Å²) in [5.74, 6) is 0.822. The fraction of sp³-hybridized carbons (Fsp3) is 0.714. The predicted molar refractivity (Wildman–Crippen MR) is 76.2 cm³/mol. The van der Waals surface area contributed by atoms with Crippen LogP contribution in [-0.4, -0.2) is 60.6 Å². The lowest BCUT2D eigenvalue weighted by Crippen LogP contribution is -2.36. The minimum atomic E-state index is 0.0591. The number of aromatic nitrogens is 1. The van der Waals surface area contributed by atoms with Crippen molar-refractivity contribution in [3.63, 3.8) is 0 Å². The van der Waals surface area contributed by atoms with Crippen molar-refractivity contribution in [2.24, 2.45) is 0 Å². The Balaban J connectivity index is 1.64. The van der Waals surface area contributed by atoms with E-state index >= 15 is 0 Å². The maximum absolute atomic E-state index is 11.8. The first-order valence-electron chi connectivity index (χ1n) is 7.12. The average molecular weight is 280 g/mol. The van der Waals surface area contributed by atoms with E-state index in [2.05, 4.69) is 34.4 Å². The third-order valence-electron chi connectivity index (χ3n) is 3.82. The van der Waals surface area contributed by atoms with Crippen molar-refractivity contribution >= 4 is 5.91 Å². The van der Waals surface area contributed by atoms with Crippen LogP contribution in [0.2, 0.25) is 0 Å². The van der Waals surface area contributed by atoms with E-state index in [1.54, 1.807) is 0 Å². The third-order valence-corrected chi connectivity index (χ3v) is 3.82. The van der Waals surface area contributed by atoms with Crippen LogP contribution in [0.25, 0.3) is 0 Å². The number of carbonyl (C=O) groups is 1. The molecule has 1 aliphatic rings. The van der Waals surface area contributed by atoms with Crippen molar-refractivity contribution in [1.29, 1.82) is 0 Å². The summed E-state index contributed by atoms with van der Waals surface area (Å²) in [4.78, 5) is 16.4. The highest BCUT2D eigenvalue weighted by atomic mass is 16.5. The van der Waals surface area contributed by atoms with Crippen molar-refractivity contribution in [2.45, 2.75) is 32.4 Å². The van der Waals surface area contributed by atoms with Crippen LogP contribution in [0, 0.1) is 6.92 Å². The lowest BCUT2D eigenvalue weighted by atomic mass is 10.2. The van der Waals surface area contributed by atoms with Gasteiger partial charge < -0.3 is 19.6 Å². The standard InChI is InChI=1S/C14H24N4O2/c1-11-8-12(16-20-11)9-15-14(19)5-7-18(3)13-4-6-17(2)10-13/h8,13H,4-7,9-10H2,1-3H3,(H,15,19)/t13-/m0/s1. The minimum Gasteiger partial charge on any atom is -0.361 e. The largest absolute Gasteiger partial charge is 0.361 e. The fourth-order valence-corrected chi connectivity index (χ4v) is 2.51. The van der Waals surface area contributed by atoms with E-state index < -0.39 is 0 Å². The van der Waals surface area contributed by atoms with Gasteiger partial charge >= 0.3 is 0 Å². The first kappa shape index (κ1) is 15.0. The van der Waals surface area contributed by atoms with E-state index in [9.17, 15) is 4.79 Å². The van der Waals surface area contributed by atoms with E-state index in [0.717, 1.165) is 31.1 Å². The van der Waals surface area contributed by atoms with Crippen LogP contribution < -0.4 is 5.32 Å². The van der Waals surface area contributed by atoms with E-state index in [4.69, 9.17) is 4.52 Å². The Kier molecular flexibility index (Phi) is 5.14. The maximum Gasteiger partial charge on any atom is 0.221 e. The Morgan fingerprint density at radius 1 is 1.65 bits per heavy atom. The number of hydrogen-bond acceptors (Lipinski definition) is 5. The first-order chi connectivity index (χ1) is 9.54. The molecule has 20 heavy (non-hydrogen) atoms. The van der Waals surface area contributed by atoms with Crippen LogP contribution in [0.3, 0.4) is 0 Å². The van der Waals surface area contributed by atoms with Gasteiger partial charge in [0.05, 0.1) is 6.54 Å². The van der Waals surface area contributed by atoms with Crippen LogP contribution >= 0.6 is 0 Å². The highest BCUT2D eigenvalue weighted by Gasteiger charge is 2.23. The second-order valence-corrected chi connectivity index (χ2v) is 5.64. The highest BCUT2D eigenvalue weighted by Crippen LogP contribution is 2.12. The van der Waals surface area contributed by atoms with E-state index in [1.165, 1.54) is 6.42 Å². The molecule has 0 radical (unpaired) electrons. The molecule has 0 spiro atoms. The molecule has 0 bridgehead atoms. The molecule has 1 N–H and O–H groups in total. The number of rotatable bonds is 6. The van der Waals surface area contributed by atoms with E-state index in [1.807, 2.05) is 13.0 Å². The molecule has 6 nitrogen and oxygen atoms in total. The number of nitrogens with one attached hydrogen (secondary N) is 1. The van der Waals surface area contributed by atoms with Crippen molar-refractivity contribution in [1.82, 2.24) is 20.3 Å². The lowest BCUT2D eigenvalue weighted by molar-refractivity contribution is -0.121. The summed E-state index contributed by atoms with van der Waals surface area (Å²) in [6.45, 7) is 5.31. The summed E-state index contributed by atoms with van der Waals surface area (Å²) < 4.78 is 4.96. The van der Waals surface area contributed by atoms with Crippen LogP contribution in [-0.2, 0) is 11.3 Å². The zero-order chi connectivity index (χ0) is 14.5. The van der Waals surface area contributed by atoms with Gasteiger partial charge in [-0.25, -0.2) is 0 Å². The summed E-state index contributed by atoms with van der Waals surface area (Å²) >= 11 is 0. The van der Waals surface area contributed by atoms with Crippen molar-refractivity contribution < 1.29 is 9.32 Å². The van der Waals surface area contributed by atoms with Gasteiger partial charge in [-0.2, -0.15) is 0 Å². The molecule has 6 heteroatoms. The Labute approximate surface area is 120 Å². The number of amides is 1. The first-order valence-corrected chi connectivity index (χ1v) is 7.12. The van der Waals surface area contributed by atoms with Gasteiger partial charge in [0.15, 0.2) is 0 Å². The van der Waals surface area contributed by atoms with Gasteiger partial charge in [0, 0.05) is 31.6 Å². The van der Waals surface area contributed by atoms with Gasteiger partial charge in [0.1, 0.15) is 11.5 Å². The zero-order valence-electron chi connectivity index (χ0n) is 12.6. The number of likely N-dealkylation sites (N-methyl/N-ethyl adjacent to an activating group) is 2. The summed E-state index contributed by atoms with van der Waals surface area (Å²) in [7, 11) is 4.23. The van der Waals surface area contributed by atoms with E-state index in [-0.39, 0.29) is 5.91 Å². The number of aryl methyl sites for hydroxylation is 1. The Morgan fingerprint density at radius 3 is 3.05 bits per heavy atom. The number of carbonyl (C=O) groups excluding carboxylic acids is 1. The summed E-state index contributed by atoms with van der Waals surface area (Å²) in [6.07, 6.45) is 1.71. The molecule has 1 aliphatic heterocycles. The molecule has 1 saturated heterocycles. The fourth-order valence-electron chi connectivity index (χ4n) is 2.51. The van der Waals surface area contributed by atoms with Gasteiger partial charge in [-0.1, -0.05) is 5.16 Å². The summed E-state index contributed by atoms with van der Waals surface area (Å²) in [6, 6.07) is 2.41. The van der Waals surface area contributed by atoms with Crippen LogP contribution in [0.1, 0.15) is 24.3 Å². The van der Waals surface area contributed by atoms with Crippen molar-refractivity contribution in [3.05, 3.63) is 17.5 Å². The summed E-state index contributed by atoms with van der Waals surface area (Å²) in [5.41, 5.74) is 0.765. The molecular weight excluding hydrogens is 256 g/mol. The quantitative estimate of drug-likeness (QED) is 0.828. The zero-order valence-corrected chi connectivity index (χ0v) is 12.6. The Hall–Kier alpha value is -1.40. The van der Waals surface area contributed by atoms with Crippen LogP contribution in [0.4, 0.5) is 0 Å². The maximum atomic E-state index is 11.8. The summed E-state index contributed by atoms with van der Waals surface area (Å²) in [5, 5.41) is 6.72. The van der Waals surface area contributed by atoms with Crippen molar-refractivity contribution in [3.8, 4) is 0 Å². The molecular formula is C14H24N4O2. The van der Waals surface area contributed by atoms with Crippen LogP contribution in [0.5, 0.6) is 0 Å². The number of nitrogens with zero attached hydrogens (tertiary/aromatic N) is 3. The van der Waals surface area contributed by atoms with E-state index in [0.29, 0.717) is 19.0 Å². The van der Waals surface area contributed by atoms with Gasteiger partial charge in [-0.15, -0.1) is 0 Å². The molecule has 0 aromatic carbocycles. The predicted octanol–water partition coefficient (Wildman–Crippen LogP) is 0.625. The molecule has 2 heterocycles. The smallest absolute Gasteiger partial charge is 0.221 e. The van der Waals surface area contributed by atoms with Gasteiger partial charge in [0.2, 0.25) is 5.91 Å². The SMILES string of the molecule is Cc1cc(CNC(=O)CCN(C)[C@H]2CCN(C)C2)no1. The second kappa shape index (κ2) is 6.85. The third kappa shape index (κ3) is 4.31. The molecule has 1 atom stereocenters. The molecule has 1 aromatic heterocycles. The number of likely N-dealkylation sites (tertiary alicyclic amines) is 1. The molecule has 0 aliphatic carbocycles. The molecule has 1 fully saturated rings. The second-order valence-electron chi connectivity index (χ2n) is 5.64. The molecule has 0 saturated carbocycles. The Morgan fingerprint density at radius 2 is 2.45 bits per heavy atom. The molecule has 1 aromatic rings. The minimum absolute atomic E-state index is 0.0591. The van der Waals surface area contributed by atoms with Gasteiger partial charge in [0.25, 0.3) is 0 Å². The molecule has 2 rings (SSSR count). The topological polar surface area (TPSA) is 61.6 Å². The lowest BCUT2D eigenvalue weighted by Gasteiger charge is -2.23.